The minimum absolute atomic E-state index is 0.809. The summed E-state index contributed by atoms with van der Waals surface area (Å²) in [4.78, 5) is 13.7. The van der Waals surface area contributed by atoms with Gasteiger partial charge in [0, 0.05) is 25.1 Å². The van der Waals surface area contributed by atoms with Gasteiger partial charge in [0.25, 0.3) is 0 Å². The van der Waals surface area contributed by atoms with Crippen molar-refractivity contribution in [2.75, 3.05) is 7.05 Å². The SMILES string of the molecule is CC.CN(Cc1ccccn1)Cc1ncc[nH]1. The maximum absolute atomic E-state index is 4.28. The fraction of sp³-hybridized carbons (Fsp3) is 0.385. The van der Waals surface area contributed by atoms with Crippen LogP contribution in [-0.2, 0) is 13.1 Å². The van der Waals surface area contributed by atoms with Gasteiger partial charge in [0.05, 0.1) is 12.2 Å². The fourth-order valence-corrected chi connectivity index (χ4v) is 1.46. The molecule has 1 N–H and O–H groups in total. The normalized spacial score (nSPS) is 9.88. The lowest BCUT2D eigenvalue weighted by Crippen LogP contribution is -2.18. The maximum atomic E-state index is 4.28. The topological polar surface area (TPSA) is 44.8 Å². The number of aromatic nitrogens is 3. The number of hydrogen-bond donors (Lipinski definition) is 1. The van der Waals surface area contributed by atoms with Gasteiger partial charge in [-0.25, -0.2) is 4.98 Å². The Morgan fingerprint density at radius 2 is 1.94 bits per heavy atom. The molecule has 2 heterocycles. The molecule has 0 aliphatic heterocycles. The minimum Gasteiger partial charge on any atom is -0.348 e. The van der Waals surface area contributed by atoms with E-state index >= 15 is 0 Å². The molecule has 0 aliphatic rings. The summed E-state index contributed by atoms with van der Waals surface area (Å²) < 4.78 is 0. The Bertz CT molecular complexity index is 383. The first-order chi connectivity index (χ1) is 8.34. The van der Waals surface area contributed by atoms with Gasteiger partial charge < -0.3 is 4.98 Å². The predicted octanol–water partition coefficient (Wildman–Crippen LogP) is 2.46. The molecule has 0 spiro atoms. The zero-order valence-corrected chi connectivity index (χ0v) is 10.7. The summed E-state index contributed by atoms with van der Waals surface area (Å²) in [5.41, 5.74) is 1.08. The van der Waals surface area contributed by atoms with Crippen LogP contribution in [0.15, 0.2) is 36.8 Å². The van der Waals surface area contributed by atoms with E-state index in [9.17, 15) is 0 Å². The summed E-state index contributed by atoms with van der Waals surface area (Å²) in [6.45, 7) is 5.64. The van der Waals surface area contributed by atoms with Crippen molar-refractivity contribution in [1.29, 1.82) is 0 Å². The Morgan fingerprint density at radius 3 is 2.53 bits per heavy atom. The fourth-order valence-electron chi connectivity index (χ4n) is 1.46. The van der Waals surface area contributed by atoms with Crippen molar-refractivity contribution in [3.05, 3.63) is 48.3 Å². The van der Waals surface area contributed by atoms with Gasteiger partial charge in [-0.2, -0.15) is 0 Å². The van der Waals surface area contributed by atoms with Crippen LogP contribution in [0, 0.1) is 0 Å². The summed E-state index contributed by atoms with van der Waals surface area (Å²) >= 11 is 0. The van der Waals surface area contributed by atoms with E-state index in [0.29, 0.717) is 0 Å². The molecule has 0 saturated carbocycles. The molecule has 4 nitrogen and oxygen atoms in total. The summed E-state index contributed by atoms with van der Waals surface area (Å²) in [6, 6.07) is 5.96. The van der Waals surface area contributed by atoms with Crippen molar-refractivity contribution in [2.24, 2.45) is 0 Å². The molecule has 2 rings (SSSR count). The largest absolute Gasteiger partial charge is 0.348 e. The number of aromatic amines is 1. The van der Waals surface area contributed by atoms with Crippen LogP contribution < -0.4 is 0 Å². The monoisotopic (exact) mass is 232 g/mol. The Kier molecular flexibility index (Phi) is 5.96. The number of hydrogen-bond acceptors (Lipinski definition) is 3. The van der Waals surface area contributed by atoms with E-state index in [4.69, 9.17) is 0 Å². The molecule has 92 valence electrons. The number of nitrogens with one attached hydrogen (secondary N) is 1. The molecule has 0 aliphatic carbocycles. The van der Waals surface area contributed by atoms with E-state index in [2.05, 4.69) is 26.9 Å². The van der Waals surface area contributed by atoms with Gasteiger partial charge in [-0.1, -0.05) is 19.9 Å². The summed E-state index contributed by atoms with van der Waals surface area (Å²) in [7, 11) is 2.05. The lowest BCUT2D eigenvalue weighted by Gasteiger charge is -2.14. The van der Waals surface area contributed by atoms with Crippen molar-refractivity contribution in [3.63, 3.8) is 0 Å². The molecule has 0 aromatic carbocycles. The molecular formula is C13H20N4. The van der Waals surface area contributed by atoms with Gasteiger partial charge >= 0.3 is 0 Å². The van der Waals surface area contributed by atoms with Crippen molar-refractivity contribution < 1.29 is 0 Å². The quantitative estimate of drug-likeness (QED) is 0.880. The molecule has 2 aromatic rings. The highest BCUT2D eigenvalue weighted by Gasteiger charge is 2.03. The van der Waals surface area contributed by atoms with Gasteiger partial charge in [-0.15, -0.1) is 0 Å². The van der Waals surface area contributed by atoms with Crippen molar-refractivity contribution in [3.8, 4) is 0 Å². The Hall–Kier alpha value is -1.68. The molecule has 0 bridgehead atoms. The summed E-state index contributed by atoms with van der Waals surface area (Å²) in [5.74, 6) is 0.980. The number of pyridine rings is 1. The van der Waals surface area contributed by atoms with Gasteiger partial charge in [0.2, 0.25) is 0 Å². The molecule has 17 heavy (non-hydrogen) atoms. The van der Waals surface area contributed by atoms with Crippen LogP contribution in [0.1, 0.15) is 25.4 Å². The minimum atomic E-state index is 0.809. The van der Waals surface area contributed by atoms with E-state index in [1.165, 1.54) is 0 Å². The van der Waals surface area contributed by atoms with E-state index < -0.39 is 0 Å². The van der Waals surface area contributed by atoms with Crippen LogP contribution in [0.5, 0.6) is 0 Å². The average Bonchev–Trinajstić information content (AvgIpc) is 2.85. The Morgan fingerprint density at radius 1 is 1.12 bits per heavy atom. The van der Waals surface area contributed by atoms with E-state index in [1.54, 1.807) is 6.20 Å². The number of H-pyrrole nitrogens is 1. The smallest absolute Gasteiger partial charge is 0.120 e. The molecular weight excluding hydrogens is 212 g/mol. The molecule has 2 aromatic heterocycles. The highest BCUT2D eigenvalue weighted by Crippen LogP contribution is 2.02. The third-order valence-electron chi connectivity index (χ3n) is 2.13. The highest BCUT2D eigenvalue weighted by atomic mass is 15.1. The molecule has 4 heteroatoms. The molecule has 0 fully saturated rings. The van der Waals surface area contributed by atoms with Crippen molar-refractivity contribution >= 4 is 0 Å². The summed E-state index contributed by atoms with van der Waals surface area (Å²) in [6.07, 6.45) is 5.42. The third kappa shape index (κ3) is 4.78. The standard InChI is InChI=1S/C11H14N4.C2H6/c1-15(9-11-13-6-7-14-11)8-10-4-2-3-5-12-10;1-2/h2-7H,8-9H2,1H3,(H,13,14);1-2H3. The molecule has 0 saturated heterocycles. The van der Waals surface area contributed by atoms with E-state index in [0.717, 1.165) is 24.6 Å². The summed E-state index contributed by atoms with van der Waals surface area (Å²) in [5, 5.41) is 0. The Labute approximate surface area is 103 Å². The first-order valence-corrected chi connectivity index (χ1v) is 5.91. The first-order valence-electron chi connectivity index (χ1n) is 5.91. The molecule has 0 radical (unpaired) electrons. The second kappa shape index (κ2) is 7.57. The van der Waals surface area contributed by atoms with Crippen LogP contribution in [0.4, 0.5) is 0 Å². The van der Waals surface area contributed by atoms with Gasteiger partial charge in [-0.3, -0.25) is 9.88 Å². The van der Waals surface area contributed by atoms with Crippen LogP contribution >= 0.6 is 0 Å². The number of imidazole rings is 1. The zero-order chi connectivity index (χ0) is 12.5. The highest BCUT2D eigenvalue weighted by molar-refractivity contribution is 5.03. The lowest BCUT2D eigenvalue weighted by molar-refractivity contribution is 0.308. The van der Waals surface area contributed by atoms with Crippen LogP contribution in [0.25, 0.3) is 0 Å². The van der Waals surface area contributed by atoms with Crippen LogP contribution in [0.3, 0.4) is 0 Å². The van der Waals surface area contributed by atoms with Gasteiger partial charge in [-0.05, 0) is 19.2 Å². The van der Waals surface area contributed by atoms with E-state index in [1.807, 2.05) is 44.4 Å². The number of rotatable bonds is 4. The molecule has 0 amide bonds. The van der Waals surface area contributed by atoms with Crippen molar-refractivity contribution in [1.82, 2.24) is 19.9 Å². The van der Waals surface area contributed by atoms with Crippen LogP contribution in [-0.4, -0.2) is 26.9 Å². The number of nitrogens with zero attached hydrogens (tertiary/aromatic N) is 3. The maximum Gasteiger partial charge on any atom is 0.120 e. The van der Waals surface area contributed by atoms with Gasteiger partial charge in [0.15, 0.2) is 0 Å². The second-order valence-electron chi connectivity index (χ2n) is 3.53. The Balaban J connectivity index is 0.000000686. The average molecular weight is 232 g/mol. The van der Waals surface area contributed by atoms with E-state index in [-0.39, 0.29) is 0 Å². The molecule has 0 atom stereocenters. The predicted molar refractivity (Wildman–Crippen MR) is 69.3 cm³/mol. The first kappa shape index (κ1) is 13.4. The zero-order valence-electron chi connectivity index (χ0n) is 10.7. The lowest BCUT2D eigenvalue weighted by atomic mass is 10.3. The van der Waals surface area contributed by atoms with Crippen LogP contribution in [0.2, 0.25) is 0 Å². The van der Waals surface area contributed by atoms with Gasteiger partial charge in [0.1, 0.15) is 5.82 Å². The van der Waals surface area contributed by atoms with Crippen molar-refractivity contribution in [2.45, 2.75) is 26.9 Å². The molecule has 0 unspecified atom stereocenters. The second-order valence-corrected chi connectivity index (χ2v) is 3.53. The third-order valence-corrected chi connectivity index (χ3v) is 2.13.